The van der Waals surface area contributed by atoms with Crippen LogP contribution in [0.15, 0.2) is 36.5 Å². The van der Waals surface area contributed by atoms with E-state index in [2.05, 4.69) is 39.4 Å². The molecular weight excluding hydrogens is 424 g/mol. The number of rotatable bonds is 7. The average Bonchev–Trinajstić information content (AvgIpc) is 3.13. The standard InChI is InChI=1S/C23H30N6O2S/c1-6-14(2)18-19(32-20(24)29-18)17-11-12-25-21(28-17)27-16-9-7-15(8-10-16)13-26-22(30)31-23(3,4)5/h7-12,14H,6,13H2,1-5H3,(H2,24,29)(H,26,30)(H,25,27,28). The van der Waals surface area contributed by atoms with Crippen molar-refractivity contribution in [3.63, 3.8) is 0 Å². The first-order chi connectivity index (χ1) is 15.1. The van der Waals surface area contributed by atoms with Gasteiger partial charge in [-0.1, -0.05) is 37.3 Å². The van der Waals surface area contributed by atoms with E-state index in [4.69, 9.17) is 10.5 Å². The summed E-state index contributed by atoms with van der Waals surface area (Å²) in [4.78, 5) is 26.3. The van der Waals surface area contributed by atoms with Crippen molar-refractivity contribution in [2.24, 2.45) is 0 Å². The molecule has 1 amide bonds. The Hall–Kier alpha value is -3.20. The third kappa shape index (κ3) is 6.40. The smallest absolute Gasteiger partial charge is 0.407 e. The quantitative estimate of drug-likeness (QED) is 0.434. The Morgan fingerprint density at radius 1 is 1.19 bits per heavy atom. The summed E-state index contributed by atoms with van der Waals surface area (Å²) in [6, 6.07) is 9.55. The molecule has 170 valence electrons. The summed E-state index contributed by atoms with van der Waals surface area (Å²) in [5, 5.41) is 6.52. The number of hydrogen-bond donors (Lipinski definition) is 3. The zero-order chi connectivity index (χ0) is 23.3. The molecule has 32 heavy (non-hydrogen) atoms. The van der Waals surface area contributed by atoms with Crippen LogP contribution < -0.4 is 16.4 Å². The SMILES string of the molecule is CCC(C)c1nc(N)sc1-c1ccnc(Nc2ccc(CNC(=O)OC(C)(C)C)cc2)n1. The van der Waals surface area contributed by atoms with Gasteiger partial charge in [0, 0.05) is 18.4 Å². The van der Waals surface area contributed by atoms with Crippen molar-refractivity contribution in [2.45, 2.75) is 59.1 Å². The molecule has 0 fully saturated rings. The number of carbonyl (C=O) groups excluding carboxylic acids is 1. The van der Waals surface area contributed by atoms with Crippen LogP contribution in [0.2, 0.25) is 0 Å². The highest BCUT2D eigenvalue weighted by molar-refractivity contribution is 7.18. The van der Waals surface area contributed by atoms with Crippen LogP contribution in [0.5, 0.6) is 0 Å². The molecule has 8 nitrogen and oxygen atoms in total. The van der Waals surface area contributed by atoms with Gasteiger partial charge in [0.1, 0.15) is 5.60 Å². The zero-order valence-corrected chi connectivity index (χ0v) is 19.9. The Morgan fingerprint density at radius 3 is 2.56 bits per heavy atom. The fourth-order valence-corrected chi connectivity index (χ4v) is 3.85. The van der Waals surface area contributed by atoms with Crippen molar-refractivity contribution >= 4 is 34.2 Å². The molecule has 0 aliphatic rings. The number of nitrogens with one attached hydrogen (secondary N) is 2. The number of benzene rings is 1. The molecule has 3 aromatic rings. The predicted molar refractivity (Wildman–Crippen MR) is 129 cm³/mol. The van der Waals surface area contributed by atoms with E-state index in [0.29, 0.717) is 23.5 Å². The van der Waals surface area contributed by atoms with Gasteiger partial charge in [-0.3, -0.25) is 0 Å². The summed E-state index contributed by atoms with van der Waals surface area (Å²) in [6.45, 7) is 10.1. The number of hydrogen-bond acceptors (Lipinski definition) is 8. The predicted octanol–water partition coefficient (Wildman–Crippen LogP) is 5.46. The highest BCUT2D eigenvalue weighted by Crippen LogP contribution is 2.36. The summed E-state index contributed by atoms with van der Waals surface area (Å²) < 4.78 is 5.25. The molecule has 3 rings (SSSR count). The molecule has 4 N–H and O–H groups in total. The molecule has 2 heterocycles. The minimum absolute atomic E-state index is 0.298. The van der Waals surface area contributed by atoms with Gasteiger partial charge in [-0.15, -0.1) is 0 Å². The first-order valence-electron chi connectivity index (χ1n) is 10.6. The van der Waals surface area contributed by atoms with Crippen molar-refractivity contribution in [3.8, 4) is 10.6 Å². The minimum Gasteiger partial charge on any atom is -0.444 e. The molecule has 0 saturated heterocycles. The normalized spacial score (nSPS) is 12.3. The lowest BCUT2D eigenvalue weighted by molar-refractivity contribution is 0.0523. The summed E-state index contributed by atoms with van der Waals surface area (Å²) in [5.74, 6) is 0.788. The number of alkyl carbamates (subject to hydrolysis) is 1. The van der Waals surface area contributed by atoms with Crippen molar-refractivity contribution in [1.82, 2.24) is 20.3 Å². The Bertz CT molecular complexity index is 1060. The van der Waals surface area contributed by atoms with E-state index in [1.54, 1.807) is 6.20 Å². The molecule has 0 aliphatic carbocycles. The lowest BCUT2D eigenvalue weighted by Gasteiger charge is -2.19. The Balaban J connectivity index is 1.67. The molecule has 0 bridgehead atoms. The maximum absolute atomic E-state index is 11.8. The summed E-state index contributed by atoms with van der Waals surface area (Å²) >= 11 is 1.44. The highest BCUT2D eigenvalue weighted by atomic mass is 32.1. The van der Waals surface area contributed by atoms with Crippen LogP contribution in [-0.2, 0) is 11.3 Å². The number of nitrogens with two attached hydrogens (primary N) is 1. The fourth-order valence-electron chi connectivity index (χ4n) is 2.93. The molecule has 1 unspecified atom stereocenters. The van der Waals surface area contributed by atoms with Gasteiger partial charge in [-0.2, -0.15) is 0 Å². The largest absolute Gasteiger partial charge is 0.444 e. The van der Waals surface area contributed by atoms with E-state index < -0.39 is 11.7 Å². The van der Waals surface area contributed by atoms with Crippen LogP contribution in [0, 0.1) is 0 Å². The molecule has 9 heteroatoms. The van der Waals surface area contributed by atoms with Gasteiger partial charge in [0.05, 0.1) is 16.3 Å². The average molecular weight is 455 g/mol. The number of aromatic nitrogens is 3. The molecule has 0 radical (unpaired) electrons. The Kier molecular flexibility index (Phi) is 7.29. The number of amides is 1. The molecule has 2 aromatic heterocycles. The molecule has 0 saturated carbocycles. The van der Waals surface area contributed by atoms with Crippen LogP contribution >= 0.6 is 11.3 Å². The van der Waals surface area contributed by atoms with Gasteiger partial charge in [0.2, 0.25) is 5.95 Å². The number of nitrogen functional groups attached to an aromatic ring is 1. The van der Waals surface area contributed by atoms with E-state index >= 15 is 0 Å². The maximum Gasteiger partial charge on any atom is 0.407 e. The second kappa shape index (κ2) is 9.95. The van der Waals surface area contributed by atoms with Gasteiger partial charge in [-0.05, 0) is 56.9 Å². The van der Waals surface area contributed by atoms with E-state index in [9.17, 15) is 4.79 Å². The molecule has 1 atom stereocenters. The third-order valence-electron chi connectivity index (χ3n) is 4.68. The van der Waals surface area contributed by atoms with Gasteiger partial charge in [0.25, 0.3) is 0 Å². The van der Waals surface area contributed by atoms with Gasteiger partial charge < -0.3 is 21.1 Å². The van der Waals surface area contributed by atoms with E-state index in [-0.39, 0.29) is 0 Å². The number of ether oxygens (including phenoxy) is 1. The van der Waals surface area contributed by atoms with E-state index in [1.165, 1.54) is 11.3 Å². The molecule has 0 spiro atoms. The summed E-state index contributed by atoms with van der Waals surface area (Å²) in [7, 11) is 0. The second-order valence-electron chi connectivity index (χ2n) is 8.52. The van der Waals surface area contributed by atoms with Crippen molar-refractivity contribution in [3.05, 3.63) is 47.8 Å². The van der Waals surface area contributed by atoms with Crippen LogP contribution in [0.25, 0.3) is 10.6 Å². The second-order valence-corrected chi connectivity index (χ2v) is 9.55. The van der Waals surface area contributed by atoms with Crippen LogP contribution in [0.4, 0.5) is 21.6 Å². The molecule has 0 aliphatic heterocycles. The summed E-state index contributed by atoms with van der Waals surface area (Å²) in [6.07, 6.45) is 2.26. The van der Waals surface area contributed by atoms with Gasteiger partial charge >= 0.3 is 6.09 Å². The number of nitrogens with zero attached hydrogens (tertiary/aromatic N) is 3. The van der Waals surface area contributed by atoms with Crippen LogP contribution in [0.3, 0.4) is 0 Å². The van der Waals surface area contributed by atoms with Crippen molar-refractivity contribution in [1.29, 1.82) is 0 Å². The molecule has 1 aromatic carbocycles. The molecular formula is C23H30N6O2S. The minimum atomic E-state index is -0.521. The van der Waals surface area contributed by atoms with E-state index in [1.807, 2.05) is 51.1 Å². The van der Waals surface area contributed by atoms with Gasteiger partial charge in [-0.25, -0.2) is 19.7 Å². The maximum atomic E-state index is 11.8. The number of anilines is 3. The summed E-state index contributed by atoms with van der Waals surface area (Å²) in [5.41, 5.74) is 9.02. The third-order valence-corrected chi connectivity index (χ3v) is 5.61. The topological polar surface area (TPSA) is 115 Å². The van der Waals surface area contributed by atoms with Crippen LogP contribution in [0.1, 0.15) is 58.2 Å². The first kappa shape index (κ1) is 23.5. The fraction of sp³-hybridized carbons (Fsp3) is 0.391. The van der Waals surface area contributed by atoms with Crippen molar-refractivity contribution in [2.75, 3.05) is 11.1 Å². The Labute approximate surface area is 192 Å². The number of carbonyl (C=O) groups is 1. The lowest BCUT2D eigenvalue weighted by atomic mass is 10.0. The lowest BCUT2D eigenvalue weighted by Crippen LogP contribution is -2.32. The highest BCUT2D eigenvalue weighted by Gasteiger charge is 2.18. The zero-order valence-electron chi connectivity index (χ0n) is 19.1. The monoisotopic (exact) mass is 454 g/mol. The number of thiazole rings is 1. The van der Waals surface area contributed by atoms with Crippen molar-refractivity contribution < 1.29 is 9.53 Å². The van der Waals surface area contributed by atoms with Gasteiger partial charge in [0.15, 0.2) is 5.13 Å². The Morgan fingerprint density at radius 2 is 1.91 bits per heavy atom. The first-order valence-corrected chi connectivity index (χ1v) is 11.4. The van der Waals surface area contributed by atoms with E-state index in [0.717, 1.165) is 33.9 Å². The van der Waals surface area contributed by atoms with Crippen LogP contribution in [-0.4, -0.2) is 26.6 Å².